The monoisotopic (exact) mass is 373 g/mol. The highest BCUT2D eigenvalue weighted by Crippen LogP contribution is 2.38. The molecular weight excluding hydrogens is 342 g/mol. The Balaban J connectivity index is 1.39. The van der Waals surface area contributed by atoms with Crippen molar-refractivity contribution in [1.82, 2.24) is 25.5 Å². The van der Waals surface area contributed by atoms with Gasteiger partial charge in [0.1, 0.15) is 5.54 Å². The SMILES string of the molecule is Cc1cnc(CNC(=O)[C@@]23CCCCN2C[C@@H](NC2CCOCC2)C3)cn1. The first-order valence-electron chi connectivity index (χ1n) is 10.3. The van der Waals surface area contributed by atoms with Gasteiger partial charge in [0.25, 0.3) is 0 Å². The van der Waals surface area contributed by atoms with E-state index in [4.69, 9.17) is 4.74 Å². The molecule has 0 unspecified atom stereocenters. The van der Waals surface area contributed by atoms with Gasteiger partial charge in [-0.25, -0.2) is 0 Å². The van der Waals surface area contributed by atoms with E-state index >= 15 is 0 Å². The lowest BCUT2D eigenvalue weighted by Gasteiger charge is -2.40. The lowest BCUT2D eigenvalue weighted by molar-refractivity contribution is -0.134. The number of carbonyl (C=O) groups is 1. The second kappa shape index (κ2) is 8.20. The van der Waals surface area contributed by atoms with Crippen molar-refractivity contribution in [2.75, 3.05) is 26.3 Å². The van der Waals surface area contributed by atoms with Crippen molar-refractivity contribution in [2.24, 2.45) is 0 Å². The molecule has 3 saturated heterocycles. The number of aromatic nitrogens is 2. The summed E-state index contributed by atoms with van der Waals surface area (Å²) in [5, 5.41) is 6.95. The Hall–Kier alpha value is -1.57. The number of nitrogens with one attached hydrogen (secondary N) is 2. The summed E-state index contributed by atoms with van der Waals surface area (Å²) in [5.41, 5.74) is 1.33. The molecule has 0 bridgehead atoms. The van der Waals surface area contributed by atoms with Crippen molar-refractivity contribution in [3.63, 3.8) is 0 Å². The molecule has 1 aromatic heterocycles. The van der Waals surface area contributed by atoms with Crippen molar-refractivity contribution in [3.05, 3.63) is 23.8 Å². The first-order valence-corrected chi connectivity index (χ1v) is 10.3. The van der Waals surface area contributed by atoms with Gasteiger partial charge < -0.3 is 15.4 Å². The van der Waals surface area contributed by atoms with Crippen molar-refractivity contribution in [1.29, 1.82) is 0 Å². The van der Waals surface area contributed by atoms with Gasteiger partial charge in [0.05, 0.1) is 24.1 Å². The number of rotatable bonds is 5. The van der Waals surface area contributed by atoms with Crippen molar-refractivity contribution in [2.45, 2.75) is 69.6 Å². The third-order valence-corrected chi connectivity index (χ3v) is 6.28. The zero-order valence-corrected chi connectivity index (χ0v) is 16.2. The fourth-order valence-electron chi connectivity index (χ4n) is 4.83. The highest BCUT2D eigenvalue weighted by Gasteiger charge is 2.51. The summed E-state index contributed by atoms with van der Waals surface area (Å²) in [6.45, 7) is 6.03. The molecule has 27 heavy (non-hydrogen) atoms. The van der Waals surface area contributed by atoms with Gasteiger partial charge in [0.2, 0.25) is 5.91 Å². The fraction of sp³-hybridized carbons (Fsp3) is 0.750. The maximum absolute atomic E-state index is 13.2. The lowest BCUT2D eigenvalue weighted by Crippen LogP contribution is -2.57. The average Bonchev–Trinajstić information content (AvgIpc) is 3.07. The number of aryl methyl sites for hydroxylation is 1. The molecule has 0 radical (unpaired) electrons. The van der Waals surface area contributed by atoms with Crippen LogP contribution in [0, 0.1) is 6.92 Å². The quantitative estimate of drug-likeness (QED) is 0.807. The van der Waals surface area contributed by atoms with Crippen LogP contribution >= 0.6 is 0 Å². The summed E-state index contributed by atoms with van der Waals surface area (Å²) >= 11 is 0. The topological polar surface area (TPSA) is 79.4 Å². The number of piperidine rings is 1. The van der Waals surface area contributed by atoms with E-state index in [-0.39, 0.29) is 11.4 Å². The summed E-state index contributed by atoms with van der Waals surface area (Å²) < 4.78 is 5.47. The van der Waals surface area contributed by atoms with E-state index in [1.165, 1.54) is 6.42 Å². The third-order valence-electron chi connectivity index (χ3n) is 6.28. The average molecular weight is 374 g/mol. The van der Waals surface area contributed by atoms with Gasteiger partial charge in [0, 0.05) is 38.0 Å². The molecule has 1 amide bonds. The maximum atomic E-state index is 13.2. The molecule has 3 aliphatic rings. The summed E-state index contributed by atoms with van der Waals surface area (Å²) in [4.78, 5) is 24.3. The zero-order valence-electron chi connectivity index (χ0n) is 16.2. The predicted octanol–water partition coefficient (Wildman–Crippen LogP) is 1.17. The molecule has 4 heterocycles. The Bertz CT molecular complexity index is 646. The summed E-state index contributed by atoms with van der Waals surface area (Å²) in [6, 6.07) is 0.907. The molecule has 7 nitrogen and oxygen atoms in total. The summed E-state index contributed by atoms with van der Waals surface area (Å²) in [5.74, 6) is 0.154. The first kappa shape index (κ1) is 18.8. The Labute approximate surface area is 161 Å². The molecule has 2 atom stereocenters. The van der Waals surface area contributed by atoms with E-state index in [0.717, 1.165) is 69.8 Å². The Kier molecular flexibility index (Phi) is 5.71. The summed E-state index contributed by atoms with van der Waals surface area (Å²) in [7, 11) is 0. The molecule has 0 aliphatic carbocycles. The van der Waals surface area contributed by atoms with Crippen molar-refractivity contribution >= 4 is 5.91 Å². The van der Waals surface area contributed by atoms with Gasteiger partial charge in [-0.2, -0.15) is 0 Å². The number of carbonyl (C=O) groups excluding carboxylic acids is 1. The smallest absolute Gasteiger partial charge is 0.240 e. The van der Waals surface area contributed by atoms with E-state index in [9.17, 15) is 4.79 Å². The van der Waals surface area contributed by atoms with Crippen LogP contribution in [0.25, 0.3) is 0 Å². The molecule has 0 saturated carbocycles. The zero-order chi connectivity index (χ0) is 18.7. The minimum Gasteiger partial charge on any atom is -0.381 e. The fourth-order valence-corrected chi connectivity index (χ4v) is 4.83. The molecule has 1 aromatic rings. The van der Waals surface area contributed by atoms with Gasteiger partial charge in [-0.15, -0.1) is 0 Å². The third kappa shape index (κ3) is 4.15. The van der Waals surface area contributed by atoms with Crippen LogP contribution in [0.5, 0.6) is 0 Å². The minimum atomic E-state index is -0.362. The van der Waals surface area contributed by atoms with Crippen LogP contribution in [0.15, 0.2) is 12.4 Å². The van der Waals surface area contributed by atoms with Gasteiger partial charge in [0.15, 0.2) is 0 Å². The van der Waals surface area contributed by atoms with Crippen LogP contribution in [0.3, 0.4) is 0 Å². The van der Waals surface area contributed by atoms with Gasteiger partial charge in [-0.05, 0) is 52.0 Å². The normalized spacial score (nSPS) is 29.4. The van der Waals surface area contributed by atoms with Gasteiger partial charge in [-0.1, -0.05) is 0 Å². The van der Waals surface area contributed by atoms with Crippen LogP contribution in [-0.2, 0) is 16.1 Å². The van der Waals surface area contributed by atoms with Crippen LogP contribution in [-0.4, -0.2) is 64.7 Å². The molecule has 0 spiro atoms. The standard InChI is InChI=1S/C20H31N5O2/c1-15-11-22-18(12-21-15)13-23-19(26)20-6-2-3-7-25(20)14-17(10-20)24-16-4-8-27-9-5-16/h11-12,16-17,24H,2-10,13-14H2,1H3,(H,23,26)/t17-,20-/m0/s1. The Morgan fingerprint density at radius 2 is 2.11 bits per heavy atom. The van der Waals surface area contributed by atoms with Crippen LogP contribution in [0.1, 0.15) is 49.9 Å². The molecule has 4 rings (SSSR count). The molecule has 0 aromatic carbocycles. The van der Waals surface area contributed by atoms with E-state index in [1.807, 2.05) is 6.92 Å². The number of fused-ring (bicyclic) bond motifs is 1. The van der Waals surface area contributed by atoms with E-state index in [2.05, 4.69) is 25.5 Å². The predicted molar refractivity (Wildman–Crippen MR) is 102 cm³/mol. The highest BCUT2D eigenvalue weighted by molar-refractivity contribution is 5.87. The second-order valence-electron chi connectivity index (χ2n) is 8.22. The maximum Gasteiger partial charge on any atom is 0.240 e. The van der Waals surface area contributed by atoms with Crippen molar-refractivity contribution < 1.29 is 9.53 Å². The van der Waals surface area contributed by atoms with E-state index in [0.29, 0.717) is 18.6 Å². The Morgan fingerprint density at radius 3 is 2.89 bits per heavy atom. The second-order valence-corrected chi connectivity index (χ2v) is 8.22. The van der Waals surface area contributed by atoms with Crippen LogP contribution in [0.2, 0.25) is 0 Å². The number of ether oxygens (including phenoxy) is 1. The first-order chi connectivity index (χ1) is 13.2. The number of hydrogen-bond donors (Lipinski definition) is 2. The largest absolute Gasteiger partial charge is 0.381 e. The van der Waals surface area contributed by atoms with E-state index < -0.39 is 0 Å². The minimum absolute atomic E-state index is 0.154. The molecule has 148 valence electrons. The number of nitrogens with zero attached hydrogens (tertiary/aromatic N) is 3. The van der Waals surface area contributed by atoms with Crippen molar-refractivity contribution in [3.8, 4) is 0 Å². The number of hydrogen-bond acceptors (Lipinski definition) is 6. The summed E-state index contributed by atoms with van der Waals surface area (Å²) in [6.07, 6.45) is 9.79. The van der Waals surface area contributed by atoms with Gasteiger partial charge in [-0.3, -0.25) is 19.7 Å². The van der Waals surface area contributed by atoms with Gasteiger partial charge >= 0.3 is 0 Å². The molecular formula is C20H31N5O2. The lowest BCUT2D eigenvalue weighted by atomic mass is 9.84. The van der Waals surface area contributed by atoms with Crippen LogP contribution < -0.4 is 10.6 Å². The molecule has 2 N–H and O–H groups in total. The molecule has 3 aliphatic heterocycles. The Morgan fingerprint density at radius 1 is 1.26 bits per heavy atom. The van der Waals surface area contributed by atoms with Crippen LogP contribution in [0.4, 0.5) is 0 Å². The van der Waals surface area contributed by atoms with E-state index in [1.54, 1.807) is 12.4 Å². The molecule has 7 heteroatoms. The number of amides is 1. The molecule has 3 fully saturated rings. The highest BCUT2D eigenvalue weighted by atomic mass is 16.5.